The van der Waals surface area contributed by atoms with E-state index in [4.69, 9.17) is 9.47 Å². The molecule has 0 saturated heterocycles. The van der Waals surface area contributed by atoms with Crippen molar-refractivity contribution in [3.05, 3.63) is 57.0 Å². The van der Waals surface area contributed by atoms with Gasteiger partial charge in [0.15, 0.2) is 5.70 Å². The Labute approximate surface area is 211 Å². The molecule has 2 unspecified atom stereocenters. The highest BCUT2D eigenvalue weighted by molar-refractivity contribution is 6.44. The number of halogens is 1. The quantitative estimate of drug-likeness (QED) is 0.489. The zero-order valence-electron chi connectivity index (χ0n) is 22.2. The summed E-state index contributed by atoms with van der Waals surface area (Å²) < 4.78 is 30.3. The predicted molar refractivity (Wildman–Crippen MR) is 136 cm³/mol. The molecule has 0 radical (unpaired) electrons. The number of benzene rings is 1. The number of rotatable bonds is 5. The van der Waals surface area contributed by atoms with E-state index in [1.165, 1.54) is 4.48 Å². The third-order valence-corrected chi connectivity index (χ3v) is 7.42. The minimum Gasteiger partial charge on any atom is -0.508 e. The standard InChI is InChI=1S/C27H32BFN2O5/c1-9-35-26(33)21-15(5)24-23(20-13(3)11-19(32)12-14(20)4)25-16(6)22(27(34)36-10-2)18(8)31(25)28(29)30(24)17(21)7/h11-12,15,21H,9-10H2,1-8H3/p+1. The lowest BCUT2D eigenvalue weighted by Gasteiger charge is -2.25. The monoisotopic (exact) mass is 495 g/mol. The Kier molecular flexibility index (Phi) is 6.62. The van der Waals surface area contributed by atoms with Crippen LogP contribution in [-0.4, -0.2) is 52.2 Å². The topological polar surface area (TPSA) is 80.8 Å². The van der Waals surface area contributed by atoms with Crippen LogP contribution in [0.15, 0.2) is 17.8 Å². The maximum Gasteiger partial charge on any atom is 0.845 e. The summed E-state index contributed by atoms with van der Waals surface area (Å²) in [6.07, 6.45) is 0. The van der Waals surface area contributed by atoms with Gasteiger partial charge in [0, 0.05) is 12.6 Å². The number of hydrogen-bond donors (Lipinski definition) is 1. The molecule has 190 valence electrons. The fourth-order valence-corrected chi connectivity index (χ4v) is 6.07. The van der Waals surface area contributed by atoms with Gasteiger partial charge in [-0.3, -0.25) is 9.27 Å². The number of allylic oxidation sites excluding steroid dienone is 1. The van der Waals surface area contributed by atoms with Crippen molar-refractivity contribution >= 4 is 30.5 Å². The molecule has 7 nitrogen and oxygen atoms in total. The molecule has 2 aliphatic rings. The third-order valence-electron chi connectivity index (χ3n) is 7.42. The van der Waals surface area contributed by atoms with Gasteiger partial charge in [0.05, 0.1) is 36.0 Å². The maximum atomic E-state index is 16.5. The van der Waals surface area contributed by atoms with Crippen molar-refractivity contribution in [1.29, 1.82) is 0 Å². The van der Waals surface area contributed by atoms with Gasteiger partial charge in [0.25, 0.3) is 0 Å². The van der Waals surface area contributed by atoms with Gasteiger partial charge in [-0.25, -0.2) is 13.6 Å². The number of aryl methyl sites for hydroxylation is 2. The van der Waals surface area contributed by atoms with Gasteiger partial charge < -0.3 is 14.6 Å². The molecule has 1 aromatic heterocycles. The highest BCUT2D eigenvalue weighted by Gasteiger charge is 2.59. The molecule has 2 atom stereocenters. The number of carbonyl (C=O) groups excluding carboxylic acids is 2. The summed E-state index contributed by atoms with van der Waals surface area (Å²) in [6.45, 7) is 14.9. The number of phenolic OH excluding ortho intramolecular Hbond substituents is 1. The lowest BCUT2D eigenvalue weighted by atomic mass is 9.81. The molecule has 2 aromatic rings. The summed E-state index contributed by atoms with van der Waals surface area (Å²) in [5.74, 6) is -1.76. The summed E-state index contributed by atoms with van der Waals surface area (Å²) in [4.78, 5) is 25.9. The molecule has 2 aliphatic heterocycles. The first-order chi connectivity index (χ1) is 17.0. The second kappa shape index (κ2) is 9.26. The predicted octanol–water partition coefficient (Wildman–Crippen LogP) is 4.48. The zero-order chi connectivity index (χ0) is 26.6. The number of aromatic hydroxyl groups is 1. The van der Waals surface area contributed by atoms with Crippen molar-refractivity contribution in [2.45, 2.75) is 55.4 Å². The smallest absolute Gasteiger partial charge is 0.508 e. The van der Waals surface area contributed by atoms with E-state index in [1.54, 1.807) is 51.2 Å². The molecule has 0 amide bonds. The Balaban J connectivity index is 2.14. The summed E-state index contributed by atoms with van der Waals surface area (Å²) in [5.41, 5.74) is 6.41. The molecule has 0 spiro atoms. The van der Waals surface area contributed by atoms with Crippen LogP contribution in [0, 0.1) is 39.5 Å². The van der Waals surface area contributed by atoms with E-state index in [-0.39, 0.29) is 30.9 Å². The summed E-state index contributed by atoms with van der Waals surface area (Å²) >= 11 is 0. The van der Waals surface area contributed by atoms with Crippen LogP contribution in [-0.2, 0) is 14.3 Å². The first-order valence-electron chi connectivity index (χ1n) is 12.3. The van der Waals surface area contributed by atoms with Gasteiger partial charge in [-0.05, 0) is 75.9 Å². The molecule has 1 aromatic carbocycles. The fraction of sp³-hybridized carbons (Fsp3) is 0.444. The average Bonchev–Trinajstić information content (AvgIpc) is 3.20. The Morgan fingerprint density at radius 1 is 1.08 bits per heavy atom. The van der Waals surface area contributed by atoms with E-state index in [9.17, 15) is 14.7 Å². The Bertz CT molecular complexity index is 1330. The molecule has 1 N–H and O–H groups in total. The average molecular weight is 495 g/mol. The number of carbonyl (C=O) groups is 2. The van der Waals surface area contributed by atoms with E-state index in [0.717, 1.165) is 22.3 Å². The van der Waals surface area contributed by atoms with Crippen molar-refractivity contribution < 1.29 is 33.0 Å². The van der Waals surface area contributed by atoms with Crippen LogP contribution in [0.5, 0.6) is 5.75 Å². The number of esters is 2. The lowest BCUT2D eigenvalue weighted by molar-refractivity contribution is -0.344. The largest absolute Gasteiger partial charge is 0.845 e. The lowest BCUT2D eigenvalue weighted by Crippen LogP contribution is -2.41. The number of phenols is 1. The van der Waals surface area contributed by atoms with Crippen LogP contribution in [0.3, 0.4) is 0 Å². The van der Waals surface area contributed by atoms with E-state index in [0.29, 0.717) is 33.9 Å². The molecule has 0 aliphatic carbocycles. The molecule has 9 heteroatoms. The van der Waals surface area contributed by atoms with Crippen LogP contribution in [0.4, 0.5) is 4.32 Å². The van der Waals surface area contributed by atoms with E-state index < -0.39 is 19.1 Å². The number of ether oxygens (including phenoxy) is 2. The summed E-state index contributed by atoms with van der Waals surface area (Å²) in [7, 11) is -1.65. The number of aromatic nitrogens is 1. The molecular formula is C27H33BFN2O5+. The van der Waals surface area contributed by atoms with Crippen LogP contribution < -0.4 is 0 Å². The van der Waals surface area contributed by atoms with Crippen molar-refractivity contribution in [3.8, 4) is 5.75 Å². The molecule has 0 fully saturated rings. The van der Waals surface area contributed by atoms with E-state index in [2.05, 4.69) is 0 Å². The van der Waals surface area contributed by atoms with Gasteiger partial charge >= 0.3 is 19.2 Å². The van der Waals surface area contributed by atoms with Gasteiger partial charge in [-0.1, -0.05) is 6.92 Å². The summed E-state index contributed by atoms with van der Waals surface area (Å²) in [5, 5.41) is 10.2. The fourth-order valence-electron chi connectivity index (χ4n) is 6.07. The SMILES string of the molecule is CCOC(=O)c1c(C)c2n(c1C)B(F)[N+]1=C(C)C(C(=O)OCC)C(C)C1=C2c1c(C)cc(O)cc1C. The normalized spacial score (nSPS) is 19.0. The van der Waals surface area contributed by atoms with Crippen LogP contribution >= 0.6 is 0 Å². The number of fused-ring (bicyclic) bond motifs is 2. The molecule has 0 saturated carbocycles. The number of nitrogens with zero attached hydrogens (tertiary/aromatic N) is 2. The number of hydrogen-bond acceptors (Lipinski definition) is 5. The maximum absolute atomic E-state index is 16.5. The van der Waals surface area contributed by atoms with Gasteiger partial charge in [0.1, 0.15) is 17.4 Å². The summed E-state index contributed by atoms with van der Waals surface area (Å²) in [6, 6.07) is 3.34. The third kappa shape index (κ3) is 3.59. The van der Waals surface area contributed by atoms with Crippen LogP contribution in [0.1, 0.15) is 71.7 Å². The minimum absolute atomic E-state index is 0.137. The van der Waals surface area contributed by atoms with Crippen molar-refractivity contribution in [2.75, 3.05) is 13.2 Å². The van der Waals surface area contributed by atoms with E-state index >= 15 is 4.32 Å². The Morgan fingerprint density at radius 2 is 1.67 bits per heavy atom. The first kappa shape index (κ1) is 25.7. The highest BCUT2D eigenvalue weighted by Crippen LogP contribution is 2.47. The second-order valence-electron chi connectivity index (χ2n) is 9.58. The van der Waals surface area contributed by atoms with Crippen molar-refractivity contribution in [3.63, 3.8) is 0 Å². The van der Waals surface area contributed by atoms with E-state index in [1.807, 2.05) is 20.8 Å². The zero-order valence-corrected chi connectivity index (χ0v) is 22.2. The van der Waals surface area contributed by atoms with Crippen LogP contribution in [0.2, 0.25) is 0 Å². The Hall–Kier alpha value is -3.36. The van der Waals surface area contributed by atoms with Gasteiger partial charge in [-0.2, -0.15) is 0 Å². The molecular weight excluding hydrogens is 462 g/mol. The Morgan fingerprint density at radius 3 is 2.22 bits per heavy atom. The van der Waals surface area contributed by atoms with Crippen molar-refractivity contribution in [2.24, 2.45) is 11.8 Å². The highest BCUT2D eigenvalue weighted by atomic mass is 19.1. The van der Waals surface area contributed by atoms with Gasteiger partial charge in [-0.15, -0.1) is 0 Å². The molecule has 4 rings (SSSR count). The minimum atomic E-state index is -1.65. The molecule has 0 bridgehead atoms. The molecule has 36 heavy (non-hydrogen) atoms. The van der Waals surface area contributed by atoms with Gasteiger partial charge in [0.2, 0.25) is 0 Å². The second-order valence-corrected chi connectivity index (χ2v) is 9.58. The molecule has 3 heterocycles. The van der Waals surface area contributed by atoms with Crippen LogP contribution in [0.25, 0.3) is 5.57 Å². The van der Waals surface area contributed by atoms with Crippen molar-refractivity contribution in [1.82, 2.24) is 4.48 Å². The first-order valence-corrected chi connectivity index (χ1v) is 12.3.